The average Bonchev–Trinajstić information content (AvgIpc) is 2.93. The first kappa shape index (κ1) is 20.5. The Morgan fingerprint density at radius 3 is 2.54 bits per heavy atom. The number of benzene rings is 2. The summed E-state index contributed by atoms with van der Waals surface area (Å²) in [6.07, 6.45) is 1.70. The van der Waals surface area contributed by atoms with Gasteiger partial charge in [0.25, 0.3) is 11.1 Å². The summed E-state index contributed by atoms with van der Waals surface area (Å²) >= 11 is 4.40. The van der Waals surface area contributed by atoms with Gasteiger partial charge < -0.3 is 9.47 Å². The minimum atomic E-state index is -0.304. The van der Waals surface area contributed by atoms with Crippen molar-refractivity contribution in [3.8, 4) is 11.5 Å². The van der Waals surface area contributed by atoms with Gasteiger partial charge >= 0.3 is 0 Å². The number of thioether (sulfide) groups is 1. The van der Waals surface area contributed by atoms with Gasteiger partial charge in [-0.25, -0.2) is 0 Å². The zero-order valence-corrected chi connectivity index (χ0v) is 18.0. The number of carbonyl (C=O) groups is 2. The number of amides is 2. The molecule has 1 heterocycles. The predicted octanol–water partition coefficient (Wildman–Crippen LogP) is 5.48. The number of hydrogen-bond donors (Lipinski definition) is 0. The lowest BCUT2D eigenvalue weighted by Gasteiger charge is -2.13. The average molecular weight is 462 g/mol. The van der Waals surface area contributed by atoms with Crippen LogP contribution in [0.15, 0.2) is 51.8 Å². The highest BCUT2D eigenvalue weighted by Crippen LogP contribution is 2.36. The normalized spacial score (nSPS) is 15.4. The van der Waals surface area contributed by atoms with E-state index in [9.17, 15) is 9.59 Å². The lowest BCUT2D eigenvalue weighted by atomic mass is 10.1. The van der Waals surface area contributed by atoms with Gasteiger partial charge in [0.15, 0.2) is 0 Å². The van der Waals surface area contributed by atoms with Crippen molar-refractivity contribution < 1.29 is 19.1 Å². The minimum absolute atomic E-state index is 0.227. The van der Waals surface area contributed by atoms with Crippen molar-refractivity contribution in [3.63, 3.8) is 0 Å². The summed E-state index contributed by atoms with van der Waals surface area (Å²) in [6.45, 7) is 5.07. The highest BCUT2D eigenvalue weighted by molar-refractivity contribution is 9.10. The SMILES string of the molecule is CCOc1ccc(/C=C2/SC(=O)N(Cc3ccccc3Br)C2=O)c(OCC)c1. The first-order valence-electron chi connectivity index (χ1n) is 8.92. The monoisotopic (exact) mass is 461 g/mol. The molecule has 146 valence electrons. The third-order valence-electron chi connectivity index (χ3n) is 4.04. The number of hydrogen-bond acceptors (Lipinski definition) is 5. The number of carbonyl (C=O) groups excluding carboxylic acids is 2. The van der Waals surface area contributed by atoms with Crippen molar-refractivity contribution in [2.45, 2.75) is 20.4 Å². The zero-order valence-electron chi connectivity index (χ0n) is 15.6. The molecule has 0 atom stereocenters. The second-order valence-electron chi connectivity index (χ2n) is 5.92. The van der Waals surface area contributed by atoms with Crippen LogP contribution in [0.1, 0.15) is 25.0 Å². The summed E-state index contributed by atoms with van der Waals surface area (Å²) in [6, 6.07) is 13.0. The van der Waals surface area contributed by atoms with E-state index in [0.29, 0.717) is 29.6 Å². The van der Waals surface area contributed by atoms with Crippen molar-refractivity contribution in [1.82, 2.24) is 4.90 Å². The molecular weight excluding hydrogens is 442 g/mol. The maximum atomic E-state index is 12.8. The van der Waals surface area contributed by atoms with Gasteiger partial charge in [-0.15, -0.1) is 0 Å². The molecule has 1 aliphatic rings. The first-order chi connectivity index (χ1) is 13.5. The van der Waals surface area contributed by atoms with Crippen molar-refractivity contribution in [2.24, 2.45) is 0 Å². The topological polar surface area (TPSA) is 55.8 Å². The van der Waals surface area contributed by atoms with Gasteiger partial charge in [-0.2, -0.15) is 0 Å². The maximum Gasteiger partial charge on any atom is 0.293 e. The van der Waals surface area contributed by atoms with Crippen LogP contribution in [0, 0.1) is 0 Å². The van der Waals surface area contributed by atoms with Gasteiger partial charge in [-0.05, 0) is 55.4 Å². The van der Waals surface area contributed by atoms with Crippen LogP contribution in [-0.4, -0.2) is 29.3 Å². The van der Waals surface area contributed by atoms with E-state index in [1.165, 1.54) is 4.90 Å². The molecule has 7 heteroatoms. The Labute approximate surface area is 176 Å². The fraction of sp³-hybridized carbons (Fsp3) is 0.238. The van der Waals surface area contributed by atoms with Crippen LogP contribution < -0.4 is 9.47 Å². The molecule has 2 amide bonds. The van der Waals surface area contributed by atoms with Crippen LogP contribution in [0.5, 0.6) is 11.5 Å². The van der Waals surface area contributed by atoms with E-state index in [2.05, 4.69) is 15.9 Å². The van der Waals surface area contributed by atoms with Gasteiger partial charge in [0.05, 0.1) is 24.7 Å². The Hall–Kier alpha value is -2.25. The van der Waals surface area contributed by atoms with Gasteiger partial charge in [0.1, 0.15) is 11.5 Å². The van der Waals surface area contributed by atoms with Crippen LogP contribution in [0.2, 0.25) is 0 Å². The lowest BCUT2D eigenvalue weighted by molar-refractivity contribution is -0.123. The molecular formula is C21H20BrNO4S. The molecule has 0 aliphatic carbocycles. The number of ether oxygens (including phenoxy) is 2. The third kappa shape index (κ3) is 4.59. The molecule has 28 heavy (non-hydrogen) atoms. The van der Waals surface area contributed by atoms with E-state index in [0.717, 1.165) is 27.4 Å². The molecule has 0 bridgehead atoms. The minimum Gasteiger partial charge on any atom is -0.494 e. The highest BCUT2D eigenvalue weighted by atomic mass is 79.9. The third-order valence-corrected chi connectivity index (χ3v) is 5.72. The fourth-order valence-electron chi connectivity index (χ4n) is 2.75. The number of rotatable bonds is 7. The molecule has 1 saturated heterocycles. The number of imide groups is 1. The second-order valence-corrected chi connectivity index (χ2v) is 7.77. The van der Waals surface area contributed by atoms with Crippen molar-refractivity contribution in [1.29, 1.82) is 0 Å². The first-order valence-corrected chi connectivity index (χ1v) is 10.5. The van der Waals surface area contributed by atoms with Crippen LogP contribution in [-0.2, 0) is 11.3 Å². The van der Waals surface area contributed by atoms with E-state index < -0.39 is 0 Å². The standard InChI is InChI=1S/C21H20BrNO4S/c1-3-26-16-10-9-14(18(12-16)27-4-2)11-19-20(24)23(21(25)28-19)13-15-7-5-6-8-17(15)22/h5-12H,3-4,13H2,1-2H3/b19-11+. The summed E-state index contributed by atoms with van der Waals surface area (Å²) in [5.74, 6) is 1.01. The summed E-state index contributed by atoms with van der Waals surface area (Å²) < 4.78 is 12.1. The van der Waals surface area contributed by atoms with Crippen LogP contribution in [0.25, 0.3) is 6.08 Å². The van der Waals surface area contributed by atoms with Crippen molar-refractivity contribution in [2.75, 3.05) is 13.2 Å². The Kier molecular flexibility index (Phi) is 6.80. The highest BCUT2D eigenvalue weighted by Gasteiger charge is 2.35. The summed E-state index contributed by atoms with van der Waals surface area (Å²) in [5, 5.41) is -0.282. The van der Waals surface area contributed by atoms with E-state index >= 15 is 0 Å². The quantitative estimate of drug-likeness (QED) is 0.510. The van der Waals surface area contributed by atoms with Crippen LogP contribution >= 0.6 is 27.7 Å². The van der Waals surface area contributed by atoms with Crippen molar-refractivity contribution in [3.05, 3.63) is 63.0 Å². The second kappa shape index (κ2) is 9.30. The zero-order chi connectivity index (χ0) is 20.1. The number of halogens is 1. The Morgan fingerprint density at radius 2 is 1.82 bits per heavy atom. The molecule has 2 aromatic carbocycles. The molecule has 0 aromatic heterocycles. The van der Waals surface area contributed by atoms with Gasteiger partial charge in [-0.1, -0.05) is 34.1 Å². The lowest BCUT2D eigenvalue weighted by Crippen LogP contribution is -2.27. The molecule has 0 N–H and O–H groups in total. The Morgan fingerprint density at radius 1 is 1.07 bits per heavy atom. The summed E-state index contributed by atoms with van der Waals surface area (Å²) in [4.78, 5) is 26.9. The molecule has 2 aromatic rings. The fourth-order valence-corrected chi connectivity index (χ4v) is 3.98. The summed E-state index contributed by atoms with van der Waals surface area (Å²) in [5.41, 5.74) is 1.61. The largest absolute Gasteiger partial charge is 0.494 e. The number of nitrogens with zero attached hydrogens (tertiary/aromatic N) is 1. The maximum absolute atomic E-state index is 12.8. The molecule has 0 spiro atoms. The molecule has 1 fully saturated rings. The Bertz CT molecular complexity index is 928. The molecule has 0 unspecified atom stereocenters. The summed E-state index contributed by atoms with van der Waals surface area (Å²) in [7, 11) is 0. The predicted molar refractivity (Wildman–Crippen MR) is 114 cm³/mol. The Balaban J connectivity index is 1.86. The van der Waals surface area contributed by atoms with E-state index in [1.807, 2.05) is 50.2 Å². The molecule has 1 aliphatic heterocycles. The van der Waals surface area contributed by atoms with Gasteiger partial charge in [0, 0.05) is 16.1 Å². The van der Waals surface area contributed by atoms with Crippen LogP contribution in [0.3, 0.4) is 0 Å². The molecule has 5 nitrogen and oxygen atoms in total. The molecule has 3 rings (SSSR count). The van der Waals surface area contributed by atoms with E-state index in [-0.39, 0.29) is 17.7 Å². The van der Waals surface area contributed by atoms with Crippen LogP contribution in [0.4, 0.5) is 4.79 Å². The van der Waals surface area contributed by atoms with E-state index in [1.54, 1.807) is 12.1 Å². The smallest absolute Gasteiger partial charge is 0.293 e. The molecule has 0 saturated carbocycles. The molecule has 0 radical (unpaired) electrons. The van der Waals surface area contributed by atoms with E-state index in [4.69, 9.17) is 9.47 Å². The van der Waals surface area contributed by atoms with Gasteiger partial charge in [0.2, 0.25) is 0 Å². The van der Waals surface area contributed by atoms with Gasteiger partial charge in [-0.3, -0.25) is 14.5 Å². The van der Waals surface area contributed by atoms with Crippen molar-refractivity contribution >= 4 is 44.9 Å².